The van der Waals surface area contributed by atoms with Gasteiger partial charge in [-0.3, -0.25) is 0 Å². The van der Waals surface area contributed by atoms with Gasteiger partial charge in [0.15, 0.2) is 11.5 Å². The van der Waals surface area contributed by atoms with E-state index in [1.165, 1.54) is 0 Å². The Morgan fingerprint density at radius 1 is 1.33 bits per heavy atom. The number of rotatable bonds is 1. The first-order valence-corrected chi connectivity index (χ1v) is 4.97. The topological polar surface area (TPSA) is 35.5 Å². The van der Waals surface area contributed by atoms with Gasteiger partial charge in [-0.1, -0.05) is 27.7 Å². The minimum Gasteiger partial charge on any atom is -0.372 e. The molecule has 0 fully saturated rings. The van der Waals surface area contributed by atoms with Crippen molar-refractivity contribution in [1.29, 1.82) is 0 Å². The summed E-state index contributed by atoms with van der Waals surface area (Å²) in [4.78, 5) is 0. The lowest BCUT2D eigenvalue weighted by molar-refractivity contribution is 0.317. The van der Waals surface area contributed by atoms with Crippen molar-refractivity contribution in [2.24, 2.45) is 5.41 Å². The average molecular weight is 190 g/mol. The Balaban J connectivity index is 2.93. The molecule has 0 saturated carbocycles. The van der Waals surface area contributed by atoms with Crippen LogP contribution in [0.15, 0.2) is 11.5 Å². The molecule has 0 aromatic rings. The summed E-state index contributed by atoms with van der Waals surface area (Å²) in [5, 5.41) is 0. The fourth-order valence-electron chi connectivity index (χ4n) is 1.01. The van der Waals surface area contributed by atoms with Gasteiger partial charge in [-0.15, -0.1) is 0 Å². The molecule has 1 rings (SSSR count). The van der Waals surface area contributed by atoms with Crippen molar-refractivity contribution < 1.29 is 12.6 Å². The van der Waals surface area contributed by atoms with Crippen molar-refractivity contribution in [1.82, 2.24) is 0 Å². The molecule has 0 radical (unpaired) electrons. The first-order chi connectivity index (χ1) is 5.45. The zero-order chi connectivity index (χ0) is 9.35. The first kappa shape index (κ1) is 9.58. The van der Waals surface area contributed by atoms with Crippen LogP contribution in [0.1, 0.15) is 34.1 Å². The van der Waals surface area contributed by atoms with Crippen LogP contribution in [0.5, 0.6) is 0 Å². The quantitative estimate of drug-likeness (QED) is 0.636. The third-order valence-electron chi connectivity index (χ3n) is 1.58. The predicted octanol–water partition coefficient (Wildman–Crippen LogP) is 2.28. The van der Waals surface area contributed by atoms with E-state index in [4.69, 9.17) is 8.37 Å². The monoisotopic (exact) mass is 190 g/mol. The van der Waals surface area contributed by atoms with E-state index in [0.717, 1.165) is 6.42 Å². The Labute approximate surface area is 75.6 Å². The Hall–Kier alpha value is -0.510. The molecule has 0 aliphatic carbocycles. The third kappa shape index (κ3) is 1.80. The van der Waals surface area contributed by atoms with Crippen LogP contribution >= 0.6 is 0 Å². The maximum Gasteiger partial charge on any atom is 0.417 e. The van der Waals surface area contributed by atoms with Gasteiger partial charge < -0.3 is 8.37 Å². The van der Waals surface area contributed by atoms with E-state index in [-0.39, 0.29) is 5.41 Å². The van der Waals surface area contributed by atoms with Gasteiger partial charge in [0, 0.05) is 11.8 Å². The van der Waals surface area contributed by atoms with Crippen LogP contribution in [0.25, 0.3) is 0 Å². The molecule has 1 aliphatic rings. The molecule has 0 saturated heterocycles. The molecule has 1 atom stereocenters. The smallest absolute Gasteiger partial charge is 0.372 e. The van der Waals surface area contributed by atoms with E-state index in [1.54, 1.807) is 0 Å². The molecule has 0 amide bonds. The van der Waals surface area contributed by atoms with Crippen molar-refractivity contribution in [3.05, 3.63) is 11.5 Å². The van der Waals surface area contributed by atoms with Crippen molar-refractivity contribution in [3.8, 4) is 0 Å². The lowest BCUT2D eigenvalue weighted by Crippen LogP contribution is -2.10. The molecule has 12 heavy (non-hydrogen) atoms. The van der Waals surface area contributed by atoms with E-state index in [2.05, 4.69) is 0 Å². The van der Waals surface area contributed by atoms with Crippen LogP contribution in [0.2, 0.25) is 0 Å². The lowest BCUT2D eigenvalue weighted by atomic mass is 9.93. The molecule has 0 aromatic heterocycles. The van der Waals surface area contributed by atoms with Crippen LogP contribution in [0.3, 0.4) is 0 Å². The van der Waals surface area contributed by atoms with Crippen molar-refractivity contribution in [3.63, 3.8) is 0 Å². The highest BCUT2D eigenvalue weighted by Crippen LogP contribution is 2.36. The van der Waals surface area contributed by atoms with Gasteiger partial charge in [-0.2, -0.15) is 4.21 Å². The van der Waals surface area contributed by atoms with E-state index in [9.17, 15) is 4.21 Å². The second-order valence-corrected chi connectivity index (χ2v) is 4.47. The average Bonchev–Trinajstić information content (AvgIpc) is 2.29. The first-order valence-electron chi connectivity index (χ1n) is 3.97. The normalized spacial score (nSPS) is 23.8. The molecule has 4 heteroatoms. The van der Waals surface area contributed by atoms with E-state index < -0.39 is 11.4 Å². The molecule has 0 aromatic carbocycles. The largest absolute Gasteiger partial charge is 0.417 e. The summed E-state index contributed by atoms with van der Waals surface area (Å²) in [6, 6.07) is 0. The summed E-state index contributed by atoms with van der Waals surface area (Å²) in [7, 11) is 0. The molecule has 3 nitrogen and oxygen atoms in total. The Bertz CT molecular complexity index is 237. The molecule has 70 valence electrons. The highest BCUT2D eigenvalue weighted by molar-refractivity contribution is 7.75. The summed E-state index contributed by atoms with van der Waals surface area (Å²) in [5.74, 6) is 1.42. The van der Waals surface area contributed by atoms with Crippen LogP contribution in [-0.2, 0) is 19.7 Å². The number of allylic oxidation sites excluding steroid dienone is 2. The SMILES string of the molecule is CCC1=C(C(C)(C)C)OS(=O)O1. The predicted molar refractivity (Wildman–Crippen MR) is 47.1 cm³/mol. The molecular formula is C8H14O3S. The molecule has 0 N–H and O–H groups in total. The third-order valence-corrected chi connectivity index (χ3v) is 2.22. The summed E-state index contributed by atoms with van der Waals surface area (Å²) in [6.45, 7) is 7.96. The van der Waals surface area contributed by atoms with Crippen LogP contribution in [-0.4, -0.2) is 4.21 Å². The highest BCUT2D eigenvalue weighted by Gasteiger charge is 2.32. The molecule has 1 heterocycles. The molecule has 1 unspecified atom stereocenters. The van der Waals surface area contributed by atoms with Gasteiger partial charge in [0.25, 0.3) is 0 Å². The Morgan fingerprint density at radius 2 is 1.92 bits per heavy atom. The van der Waals surface area contributed by atoms with Crippen molar-refractivity contribution >= 4 is 11.4 Å². The Morgan fingerprint density at radius 3 is 2.25 bits per heavy atom. The van der Waals surface area contributed by atoms with Crippen LogP contribution in [0.4, 0.5) is 0 Å². The Kier molecular flexibility index (Phi) is 2.46. The minimum atomic E-state index is -1.60. The van der Waals surface area contributed by atoms with Crippen LogP contribution in [0, 0.1) is 5.41 Å². The van der Waals surface area contributed by atoms with Gasteiger partial charge in [-0.05, 0) is 0 Å². The molecule has 0 bridgehead atoms. The molecule has 1 aliphatic heterocycles. The molecule has 0 spiro atoms. The lowest BCUT2D eigenvalue weighted by Gasteiger charge is -2.16. The van der Waals surface area contributed by atoms with Gasteiger partial charge in [0.05, 0.1) is 0 Å². The van der Waals surface area contributed by atoms with Gasteiger partial charge in [0.1, 0.15) is 0 Å². The number of hydrogen-bond acceptors (Lipinski definition) is 3. The van der Waals surface area contributed by atoms with Gasteiger partial charge >= 0.3 is 11.4 Å². The summed E-state index contributed by atoms with van der Waals surface area (Å²) in [5.41, 5.74) is -0.127. The van der Waals surface area contributed by atoms with E-state index in [1.807, 2.05) is 27.7 Å². The van der Waals surface area contributed by atoms with Crippen molar-refractivity contribution in [2.45, 2.75) is 34.1 Å². The zero-order valence-electron chi connectivity index (χ0n) is 7.84. The fraction of sp³-hybridized carbons (Fsp3) is 0.750. The maximum atomic E-state index is 10.9. The van der Waals surface area contributed by atoms with Crippen molar-refractivity contribution in [2.75, 3.05) is 0 Å². The minimum absolute atomic E-state index is 0.127. The van der Waals surface area contributed by atoms with E-state index in [0.29, 0.717) is 11.5 Å². The summed E-state index contributed by atoms with van der Waals surface area (Å²) >= 11 is -1.60. The highest BCUT2D eigenvalue weighted by atomic mass is 32.2. The maximum absolute atomic E-state index is 10.9. The van der Waals surface area contributed by atoms with Crippen LogP contribution < -0.4 is 0 Å². The second kappa shape index (κ2) is 3.09. The summed E-state index contributed by atoms with van der Waals surface area (Å²) in [6.07, 6.45) is 0.721. The molecular weight excluding hydrogens is 176 g/mol. The standard InChI is InChI=1S/C8H14O3S/c1-5-6-7(8(2,3)4)11-12(9)10-6/h5H2,1-4H3. The van der Waals surface area contributed by atoms with Gasteiger partial charge in [0.2, 0.25) is 0 Å². The van der Waals surface area contributed by atoms with E-state index >= 15 is 0 Å². The van der Waals surface area contributed by atoms with Gasteiger partial charge in [-0.25, -0.2) is 0 Å². The summed E-state index contributed by atoms with van der Waals surface area (Å²) < 4.78 is 20.9. The zero-order valence-corrected chi connectivity index (χ0v) is 8.66. The number of hydrogen-bond donors (Lipinski definition) is 0. The second-order valence-electron chi connectivity index (χ2n) is 3.73. The fourth-order valence-corrected chi connectivity index (χ4v) is 1.89.